The van der Waals surface area contributed by atoms with E-state index in [0.29, 0.717) is 17.5 Å². The Labute approximate surface area is 197 Å². The third-order valence-corrected chi connectivity index (χ3v) is 8.66. The van der Waals surface area contributed by atoms with E-state index in [0.717, 1.165) is 88.5 Å². The first-order chi connectivity index (χ1) is 15.5. The van der Waals surface area contributed by atoms with Gasteiger partial charge in [-0.1, -0.05) is 82.9 Å². The van der Waals surface area contributed by atoms with Crippen LogP contribution in [-0.2, 0) is 9.59 Å². The lowest BCUT2D eigenvalue weighted by molar-refractivity contribution is -0.124. The van der Waals surface area contributed by atoms with Crippen molar-refractivity contribution in [3.63, 3.8) is 0 Å². The highest BCUT2D eigenvalue weighted by Gasteiger charge is 2.30. The van der Waals surface area contributed by atoms with Gasteiger partial charge < -0.3 is 0 Å². The Balaban J connectivity index is 1.43. The topological polar surface area (TPSA) is 34.1 Å². The smallest absolute Gasteiger partial charge is 0.161 e. The monoisotopic (exact) mass is 440 g/mol. The van der Waals surface area contributed by atoms with Gasteiger partial charge in [0.25, 0.3) is 0 Å². The molecule has 0 aromatic rings. The summed E-state index contributed by atoms with van der Waals surface area (Å²) in [5, 5.41) is 0. The van der Waals surface area contributed by atoms with Gasteiger partial charge in [-0.2, -0.15) is 0 Å². The fraction of sp³-hybridized carbons (Fsp3) is 0.800. The number of allylic oxidation sites excluding steroid dienone is 4. The predicted molar refractivity (Wildman–Crippen MR) is 135 cm³/mol. The minimum atomic E-state index is 0.215. The van der Waals surface area contributed by atoms with E-state index in [1.165, 1.54) is 32.1 Å². The summed E-state index contributed by atoms with van der Waals surface area (Å²) in [6.07, 6.45) is 20.9. The van der Waals surface area contributed by atoms with Gasteiger partial charge in [0.05, 0.1) is 0 Å². The summed E-state index contributed by atoms with van der Waals surface area (Å²) < 4.78 is 0. The Morgan fingerprint density at radius 3 is 2.28 bits per heavy atom. The number of rotatable bonds is 9. The van der Waals surface area contributed by atoms with Crippen molar-refractivity contribution in [3.8, 4) is 0 Å². The molecule has 1 fully saturated rings. The zero-order valence-electron chi connectivity index (χ0n) is 21.2. The molecule has 0 aromatic heterocycles. The van der Waals surface area contributed by atoms with Crippen LogP contribution in [0.2, 0.25) is 0 Å². The van der Waals surface area contributed by atoms with Gasteiger partial charge in [0.2, 0.25) is 0 Å². The van der Waals surface area contributed by atoms with Gasteiger partial charge in [-0.05, 0) is 75.2 Å². The van der Waals surface area contributed by atoms with Crippen molar-refractivity contribution < 1.29 is 9.59 Å². The van der Waals surface area contributed by atoms with Crippen molar-refractivity contribution >= 4 is 11.6 Å². The third kappa shape index (κ3) is 7.16. The summed E-state index contributed by atoms with van der Waals surface area (Å²) in [7, 11) is 0. The van der Waals surface area contributed by atoms with E-state index in [9.17, 15) is 9.59 Å². The standard InChI is InChI=1S/C30H48O2/c1-4-10-22(2)11-9-16-29(31)25-12-5-7-14-26(15-8-6-13-25)30(32)27-20-19-24-18-17-23(3)28(24)21-27/h20,22-23,25-26H,4-19,21H2,1-3H3. The molecule has 3 rings (SSSR count). The van der Waals surface area contributed by atoms with Crippen LogP contribution in [0.5, 0.6) is 0 Å². The molecular formula is C30H48O2. The minimum absolute atomic E-state index is 0.215. The molecule has 2 nitrogen and oxygen atoms in total. The Bertz CT molecular complexity index is 686. The molecule has 1 saturated carbocycles. The molecule has 3 aliphatic carbocycles. The van der Waals surface area contributed by atoms with Crippen LogP contribution >= 0.6 is 0 Å². The maximum Gasteiger partial charge on any atom is 0.161 e. The molecule has 0 heterocycles. The van der Waals surface area contributed by atoms with E-state index in [1.54, 1.807) is 11.1 Å². The number of carbonyl (C=O) groups is 2. The van der Waals surface area contributed by atoms with Crippen LogP contribution in [0.25, 0.3) is 0 Å². The molecule has 0 saturated heterocycles. The largest absolute Gasteiger partial charge is 0.299 e. The molecule has 0 aromatic carbocycles. The van der Waals surface area contributed by atoms with Gasteiger partial charge in [-0.15, -0.1) is 0 Å². The van der Waals surface area contributed by atoms with Crippen molar-refractivity contribution in [2.24, 2.45) is 23.7 Å². The van der Waals surface area contributed by atoms with Crippen molar-refractivity contribution in [2.45, 2.75) is 130 Å². The van der Waals surface area contributed by atoms with Crippen molar-refractivity contribution in [1.82, 2.24) is 0 Å². The number of hydrogen-bond donors (Lipinski definition) is 0. The molecule has 0 radical (unpaired) electrons. The summed E-state index contributed by atoms with van der Waals surface area (Å²) in [4.78, 5) is 26.2. The minimum Gasteiger partial charge on any atom is -0.299 e. The lowest BCUT2D eigenvalue weighted by atomic mass is 9.80. The number of ketones is 2. The Hall–Kier alpha value is -1.18. The predicted octanol–water partition coefficient (Wildman–Crippen LogP) is 8.54. The van der Waals surface area contributed by atoms with Gasteiger partial charge in [-0.25, -0.2) is 0 Å². The molecule has 32 heavy (non-hydrogen) atoms. The summed E-state index contributed by atoms with van der Waals surface area (Å²) in [5.74, 6) is 2.89. The van der Waals surface area contributed by atoms with Gasteiger partial charge in [0.1, 0.15) is 5.78 Å². The summed E-state index contributed by atoms with van der Waals surface area (Å²) in [5.41, 5.74) is 4.32. The zero-order valence-corrected chi connectivity index (χ0v) is 21.2. The Morgan fingerprint density at radius 1 is 0.969 bits per heavy atom. The maximum absolute atomic E-state index is 13.4. The first-order valence-corrected chi connectivity index (χ1v) is 14.0. The van der Waals surface area contributed by atoms with Gasteiger partial charge in [-0.3, -0.25) is 9.59 Å². The third-order valence-electron chi connectivity index (χ3n) is 8.66. The first-order valence-electron chi connectivity index (χ1n) is 14.0. The normalized spacial score (nSPS) is 28.1. The molecule has 0 bridgehead atoms. The van der Waals surface area contributed by atoms with Crippen LogP contribution in [0, 0.1) is 23.7 Å². The Kier molecular flexibility index (Phi) is 10.3. The summed E-state index contributed by atoms with van der Waals surface area (Å²) >= 11 is 0. The summed E-state index contributed by atoms with van der Waals surface area (Å²) in [6, 6.07) is 0. The molecule has 0 N–H and O–H groups in total. The fourth-order valence-electron chi connectivity index (χ4n) is 6.48. The fourth-order valence-corrected chi connectivity index (χ4v) is 6.48. The average molecular weight is 441 g/mol. The van der Waals surface area contributed by atoms with Crippen LogP contribution in [0.1, 0.15) is 130 Å². The van der Waals surface area contributed by atoms with E-state index in [1.807, 2.05) is 0 Å². The molecule has 180 valence electrons. The second-order valence-electron chi connectivity index (χ2n) is 11.3. The molecule has 2 unspecified atom stereocenters. The molecule has 2 atom stereocenters. The van der Waals surface area contributed by atoms with Crippen LogP contribution in [-0.4, -0.2) is 11.6 Å². The second-order valence-corrected chi connectivity index (χ2v) is 11.3. The van der Waals surface area contributed by atoms with E-state index >= 15 is 0 Å². The van der Waals surface area contributed by atoms with Crippen molar-refractivity contribution in [2.75, 3.05) is 0 Å². The van der Waals surface area contributed by atoms with Crippen LogP contribution < -0.4 is 0 Å². The number of hydrogen-bond acceptors (Lipinski definition) is 2. The van der Waals surface area contributed by atoms with Crippen molar-refractivity contribution in [1.29, 1.82) is 0 Å². The number of Topliss-reactive ketones (excluding diaryl/α,β-unsaturated/α-hetero) is 2. The van der Waals surface area contributed by atoms with Crippen LogP contribution in [0.15, 0.2) is 22.8 Å². The van der Waals surface area contributed by atoms with E-state index in [4.69, 9.17) is 0 Å². The molecule has 0 aliphatic heterocycles. The zero-order chi connectivity index (χ0) is 22.9. The molecule has 3 aliphatic rings. The van der Waals surface area contributed by atoms with E-state index < -0.39 is 0 Å². The Morgan fingerprint density at radius 2 is 1.62 bits per heavy atom. The van der Waals surface area contributed by atoms with E-state index in [2.05, 4.69) is 26.8 Å². The van der Waals surface area contributed by atoms with E-state index in [-0.39, 0.29) is 11.8 Å². The quantitative estimate of drug-likeness (QED) is 0.337. The lowest BCUT2D eigenvalue weighted by Gasteiger charge is -2.24. The second kappa shape index (κ2) is 12.9. The van der Waals surface area contributed by atoms with Crippen molar-refractivity contribution in [3.05, 3.63) is 22.8 Å². The molecule has 0 spiro atoms. The number of carbonyl (C=O) groups excluding carboxylic acids is 2. The van der Waals surface area contributed by atoms with Gasteiger partial charge >= 0.3 is 0 Å². The molecule has 2 heteroatoms. The van der Waals surface area contributed by atoms with Gasteiger partial charge in [0.15, 0.2) is 5.78 Å². The highest BCUT2D eigenvalue weighted by atomic mass is 16.1. The van der Waals surface area contributed by atoms with Crippen LogP contribution in [0.3, 0.4) is 0 Å². The average Bonchev–Trinajstić information content (AvgIpc) is 3.16. The highest BCUT2D eigenvalue weighted by molar-refractivity contribution is 5.97. The molecule has 0 amide bonds. The molecular weight excluding hydrogens is 392 g/mol. The first kappa shape index (κ1) is 25.4. The lowest BCUT2D eigenvalue weighted by Crippen LogP contribution is -2.21. The van der Waals surface area contributed by atoms with Crippen LogP contribution in [0.4, 0.5) is 0 Å². The maximum atomic E-state index is 13.4. The summed E-state index contributed by atoms with van der Waals surface area (Å²) in [6.45, 7) is 6.90. The van der Waals surface area contributed by atoms with Gasteiger partial charge in [0, 0.05) is 18.3 Å². The highest BCUT2D eigenvalue weighted by Crippen LogP contribution is 2.41. The SMILES string of the molecule is CCCC(C)CCCC(=O)C1CCCCC(C(=O)C2=CCC3=C(C2)C(C)CC3)CCCC1.